The van der Waals surface area contributed by atoms with E-state index in [9.17, 15) is 4.79 Å². The minimum atomic E-state index is 0.0843. The second-order valence-electron chi connectivity index (χ2n) is 8.18. The number of amides is 1. The van der Waals surface area contributed by atoms with Crippen molar-refractivity contribution < 1.29 is 4.79 Å². The summed E-state index contributed by atoms with van der Waals surface area (Å²) < 4.78 is 0. The van der Waals surface area contributed by atoms with Crippen LogP contribution in [-0.4, -0.2) is 5.91 Å². The van der Waals surface area contributed by atoms with Crippen molar-refractivity contribution in [2.45, 2.75) is 104 Å². The van der Waals surface area contributed by atoms with Crippen molar-refractivity contribution >= 4 is 5.91 Å². The van der Waals surface area contributed by atoms with Gasteiger partial charge in [0, 0.05) is 6.42 Å². The standard InChI is InChI=1S/C27H43NO/c1-4-5-6-7-8-9-10-11-12-13-14-15-16-17-18-19-27(29)28-25(3)26-22-20-24(2)21-23-26/h8-9,11-12,20-23,25H,4-7,10,13-19H2,1-3H3,(H,28,29)/b9-8-,12-11-. The highest BCUT2D eigenvalue weighted by molar-refractivity contribution is 5.76. The fourth-order valence-electron chi connectivity index (χ4n) is 3.35. The van der Waals surface area contributed by atoms with E-state index in [0.717, 1.165) is 19.3 Å². The minimum Gasteiger partial charge on any atom is -0.350 e. The highest BCUT2D eigenvalue weighted by Crippen LogP contribution is 2.14. The average molecular weight is 398 g/mol. The van der Waals surface area contributed by atoms with Crippen molar-refractivity contribution in [1.82, 2.24) is 5.32 Å². The molecule has 1 unspecified atom stereocenters. The Bertz CT molecular complexity index is 585. The SMILES string of the molecule is CCCCC/C=C\C/C=C\CCCCCCCC(=O)NC(C)c1ccc(C)cc1. The van der Waals surface area contributed by atoms with Gasteiger partial charge in [0.25, 0.3) is 0 Å². The molecule has 0 aromatic heterocycles. The Hall–Kier alpha value is -1.83. The Balaban J connectivity index is 1.95. The van der Waals surface area contributed by atoms with E-state index in [1.54, 1.807) is 0 Å². The molecular weight excluding hydrogens is 354 g/mol. The molecule has 0 radical (unpaired) electrons. The maximum absolute atomic E-state index is 12.1. The van der Waals surface area contributed by atoms with Gasteiger partial charge in [0.15, 0.2) is 0 Å². The molecule has 0 fully saturated rings. The van der Waals surface area contributed by atoms with E-state index >= 15 is 0 Å². The molecule has 1 rings (SSSR count). The Labute approximate surface area is 179 Å². The van der Waals surface area contributed by atoms with Crippen LogP contribution in [0.25, 0.3) is 0 Å². The van der Waals surface area contributed by atoms with E-state index in [0.29, 0.717) is 6.42 Å². The van der Waals surface area contributed by atoms with Crippen LogP contribution in [0.1, 0.15) is 108 Å². The van der Waals surface area contributed by atoms with Gasteiger partial charge in [-0.1, -0.05) is 93.2 Å². The highest BCUT2D eigenvalue weighted by Gasteiger charge is 2.08. The number of hydrogen-bond donors (Lipinski definition) is 1. The van der Waals surface area contributed by atoms with Crippen molar-refractivity contribution in [2.75, 3.05) is 0 Å². The summed E-state index contributed by atoms with van der Waals surface area (Å²) in [6.45, 7) is 6.38. The lowest BCUT2D eigenvalue weighted by Gasteiger charge is -2.14. The van der Waals surface area contributed by atoms with Gasteiger partial charge in [0.2, 0.25) is 5.91 Å². The molecule has 29 heavy (non-hydrogen) atoms. The van der Waals surface area contributed by atoms with Crippen LogP contribution in [0.5, 0.6) is 0 Å². The molecule has 0 aliphatic heterocycles. The van der Waals surface area contributed by atoms with Crippen LogP contribution in [-0.2, 0) is 4.79 Å². The van der Waals surface area contributed by atoms with Crippen molar-refractivity contribution in [1.29, 1.82) is 0 Å². The topological polar surface area (TPSA) is 29.1 Å². The van der Waals surface area contributed by atoms with Crippen molar-refractivity contribution in [3.8, 4) is 0 Å². The molecule has 0 heterocycles. The first-order valence-corrected chi connectivity index (χ1v) is 11.8. The molecule has 2 heteroatoms. The first-order chi connectivity index (χ1) is 14.1. The number of hydrogen-bond acceptors (Lipinski definition) is 1. The first kappa shape index (κ1) is 25.2. The molecule has 0 aliphatic rings. The molecule has 1 aromatic rings. The van der Waals surface area contributed by atoms with E-state index < -0.39 is 0 Å². The molecule has 0 bridgehead atoms. The van der Waals surface area contributed by atoms with E-state index in [4.69, 9.17) is 0 Å². The molecule has 1 aromatic carbocycles. The van der Waals surface area contributed by atoms with Gasteiger partial charge in [-0.15, -0.1) is 0 Å². The molecule has 1 N–H and O–H groups in total. The Morgan fingerprint density at radius 3 is 2.10 bits per heavy atom. The van der Waals surface area contributed by atoms with Crippen LogP contribution in [0.15, 0.2) is 48.6 Å². The zero-order valence-electron chi connectivity index (χ0n) is 19.1. The van der Waals surface area contributed by atoms with E-state index in [2.05, 4.69) is 74.7 Å². The summed E-state index contributed by atoms with van der Waals surface area (Å²) in [6, 6.07) is 8.47. The molecule has 1 amide bonds. The molecule has 0 spiro atoms. The van der Waals surface area contributed by atoms with Gasteiger partial charge in [0.1, 0.15) is 0 Å². The fraction of sp³-hybridized carbons (Fsp3) is 0.593. The van der Waals surface area contributed by atoms with Gasteiger partial charge in [-0.3, -0.25) is 4.79 Å². The normalized spacial score (nSPS) is 12.7. The number of allylic oxidation sites excluding steroid dienone is 4. The third-order valence-electron chi connectivity index (χ3n) is 5.31. The second kappa shape index (κ2) is 17.1. The number of benzene rings is 1. The van der Waals surface area contributed by atoms with Crippen molar-refractivity contribution in [3.63, 3.8) is 0 Å². The van der Waals surface area contributed by atoms with Crippen LogP contribution < -0.4 is 5.32 Å². The Kier molecular flexibility index (Phi) is 14.8. The zero-order chi connectivity index (χ0) is 21.2. The molecule has 2 nitrogen and oxygen atoms in total. The quantitative estimate of drug-likeness (QED) is 0.222. The van der Waals surface area contributed by atoms with Gasteiger partial charge >= 0.3 is 0 Å². The average Bonchev–Trinajstić information content (AvgIpc) is 2.71. The van der Waals surface area contributed by atoms with Gasteiger partial charge < -0.3 is 5.32 Å². The number of nitrogens with one attached hydrogen (secondary N) is 1. The number of aryl methyl sites for hydroxylation is 1. The largest absolute Gasteiger partial charge is 0.350 e. The third kappa shape index (κ3) is 13.9. The van der Waals surface area contributed by atoms with Gasteiger partial charge in [0.05, 0.1) is 6.04 Å². The van der Waals surface area contributed by atoms with E-state index in [1.165, 1.54) is 62.5 Å². The molecular formula is C27H43NO. The summed E-state index contributed by atoms with van der Waals surface area (Å²) >= 11 is 0. The number of unbranched alkanes of at least 4 members (excludes halogenated alkanes) is 8. The summed E-state index contributed by atoms with van der Waals surface area (Å²) in [6.07, 6.45) is 23.2. The third-order valence-corrected chi connectivity index (χ3v) is 5.31. The number of carbonyl (C=O) groups excluding carboxylic acids is 1. The monoisotopic (exact) mass is 397 g/mol. The number of carbonyl (C=O) groups is 1. The molecule has 0 saturated carbocycles. The summed E-state index contributed by atoms with van der Waals surface area (Å²) in [4.78, 5) is 12.1. The highest BCUT2D eigenvalue weighted by atomic mass is 16.1. The summed E-state index contributed by atoms with van der Waals surface area (Å²) in [5.74, 6) is 0.170. The predicted octanol–water partition coefficient (Wildman–Crippen LogP) is 7.99. The van der Waals surface area contributed by atoms with E-state index in [-0.39, 0.29) is 11.9 Å². The Morgan fingerprint density at radius 1 is 0.862 bits per heavy atom. The maximum atomic E-state index is 12.1. The predicted molar refractivity (Wildman–Crippen MR) is 127 cm³/mol. The van der Waals surface area contributed by atoms with Gasteiger partial charge in [-0.05, 0) is 57.9 Å². The summed E-state index contributed by atoms with van der Waals surface area (Å²) in [5.41, 5.74) is 2.42. The van der Waals surface area contributed by atoms with Crippen LogP contribution in [0.4, 0.5) is 0 Å². The van der Waals surface area contributed by atoms with Crippen LogP contribution >= 0.6 is 0 Å². The minimum absolute atomic E-state index is 0.0843. The van der Waals surface area contributed by atoms with Crippen LogP contribution in [0, 0.1) is 6.92 Å². The van der Waals surface area contributed by atoms with Gasteiger partial charge in [-0.25, -0.2) is 0 Å². The van der Waals surface area contributed by atoms with Gasteiger partial charge in [-0.2, -0.15) is 0 Å². The molecule has 0 aliphatic carbocycles. The molecule has 162 valence electrons. The zero-order valence-corrected chi connectivity index (χ0v) is 19.1. The second-order valence-corrected chi connectivity index (χ2v) is 8.18. The van der Waals surface area contributed by atoms with Crippen molar-refractivity contribution in [3.05, 3.63) is 59.7 Å². The first-order valence-electron chi connectivity index (χ1n) is 11.8. The Morgan fingerprint density at radius 2 is 1.45 bits per heavy atom. The molecule has 0 saturated heterocycles. The lowest BCUT2D eigenvalue weighted by atomic mass is 10.1. The maximum Gasteiger partial charge on any atom is 0.220 e. The summed E-state index contributed by atoms with van der Waals surface area (Å²) in [7, 11) is 0. The summed E-state index contributed by atoms with van der Waals surface area (Å²) in [5, 5.41) is 3.11. The molecule has 1 atom stereocenters. The smallest absolute Gasteiger partial charge is 0.220 e. The van der Waals surface area contributed by atoms with E-state index in [1.807, 2.05) is 0 Å². The van der Waals surface area contributed by atoms with Crippen LogP contribution in [0.3, 0.4) is 0 Å². The lowest BCUT2D eigenvalue weighted by molar-refractivity contribution is -0.121. The van der Waals surface area contributed by atoms with Crippen molar-refractivity contribution in [2.24, 2.45) is 0 Å². The number of rotatable bonds is 16. The fourth-order valence-corrected chi connectivity index (χ4v) is 3.35. The lowest BCUT2D eigenvalue weighted by Crippen LogP contribution is -2.26. The van der Waals surface area contributed by atoms with Crippen LogP contribution in [0.2, 0.25) is 0 Å².